The molecule has 0 saturated carbocycles. The van der Waals surface area contributed by atoms with Crippen molar-refractivity contribution in [1.82, 2.24) is 5.32 Å². The van der Waals surface area contributed by atoms with Crippen LogP contribution in [0.25, 0.3) is 0 Å². The van der Waals surface area contributed by atoms with Crippen LogP contribution in [-0.2, 0) is 15.6 Å². The molecule has 2 unspecified atom stereocenters. The van der Waals surface area contributed by atoms with Crippen molar-refractivity contribution in [2.45, 2.75) is 56.9 Å². The van der Waals surface area contributed by atoms with Crippen LogP contribution < -0.4 is 5.32 Å². The van der Waals surface area contributed by atoms with Gasteiger partial charge in [-0.05, 0) is 25.0 Å². The quantitative estimate of drug-likeness (QED) is 0.590. The molecule has 0 aliphatic carbocycles. The summed E-state index contributed by atoms with van der Waals surface area (Å²) in [5.74, 6) is 6.31. The third kappa shape index (κ3) is 7.42. The van der Waals surface area contributed by atoms with Gasteiger partial charge in [-0.1, -0.05) is 56.7 Å². The van der Waals surface area contributed by atoms with Crippen molar-refractivity contribution >= 4 is 16.7 Å². The normalized spacial score (nSPS) is 12.8. The molecule has 0 bridgehead atoms. The first-order valence-corrected chi connectivity index (χ1v) is 9.20. The number of hydrogen-bond donors (Lipinski definition) is 1. The highest BCUT2D eigenvalue weighted by atomic mass is 32.2. The number of rotatable bonds is 8. The van der Waals surface area contributed by atoms with Crippen LogP contribution in [-0.4, -0.2) is 21.9 Å². The van der Waals surface area contributed by atoms with E-state index in [4.69, 9.17) is 0 Å². The van der Waals surface area contributed by atoms with Crippen LogP contribution in [0.2, 0.25) is 0 Å². The topological polar surface area (TPSA) is 46.2 Å². The highest BCUT2D eigenvalue weighted by Gasteiger charge is 2.07. The van der Waals surface area contributed by atoms with Gasteiger partial charge in [-0.2, -0.15) is 0 Å². The van der Waals surface area contributed by atoms with Gasteiger partial charge in [-0.25, -0.2) is 0 Å². The number of unbranched alkanes of at least 4 members (excludes halogenated alkanes) is 2. The van der Waals surface area contributed by atoms with Gasteiger partial charge < -0.3 is 5.32 Å². The van der Waals surface area contributed by atoms with Gasteiger partial charge in [-0.3, -0.25) is 9.00 Å². The lowest BCUT2D eigenvalue weighted by atomic mass is 10.1. The molecule has 0 aromatic heterocycles. The Morgan fingerprint density at radius 3 is 2.59 bits per heavy atom. The maximum atomic E-state index is 12.0. The lowest BCUT2D eigenvalue weighted by Gasteiger charge is -2.10. The fourth-order valence-corrected chi connectivity index (χ4v) is 2.77. The number of amides is 1. The summed E-state index contributed by atoms with van der Waals surface area (Å²) < 4.78 is 12.0. The molecule has 1 aromatic carbocycles. The number of nitrogens with one attached hydrogen (secondary N) is 1. The summed E-state index contributed by atoms with van der Waals surface area (Å²) >= 11 is 0. The first-order valence-electron chi connectivity index (χ1n) is 7.88. The van der Waals surface area contributed by atoms with E-state index in [1.807, 2.05) is 37.3 Å². The van der Waals surface area contributed by atoms with Gasteiger partial charge in [0.25, 0.3) is 0 Å². The summed E-state index contributed by atoms with van der Waals surface area (Å²) in [6.45, 7) is 4.10. The Kier molecular flexibility index (Phi) is 9.25. The summed E-state index contributed by atoms with van der Waals surface area (Å²) in [5.41, 5.74) is 0. The summed E-state index contributed by atoms with van der Waals surface area (Å²) in [6.07, 6.45) is 4.41. The van der Waals surface area contributed by atoms with Crippen LogP contribution in [0.3, 0.4) is 0 Å². The van der Waals surface area contributed by atoms with Crippen LogP contribution in [0, 0.1) is 11.8 Å². The minimum Gasteiger partial charge on any atom is -0.342 e. The van der Waals surface area contributed by atoms with E-state index in [0.717, 1.165) is 30.6 Å². The minimum absolute atomic E-state index is 0.0544. The lowest BCUT2D eigenvalue weighted by Crippen LogP contribution is -2.33. The summed E-state index contributed by atoms with van der Waals surface area (Å²) in [4.78, 5) is 12.6. The van der Waals surface area contributed by atoms with Gasteiger partial charge in [0.15, 0.2) is 0 Å². The van der Waals surface area contributed by atoms with Gasteiger partial charge >= 0.3 is 0 Å². The third-order valence-corrected chi connectivity index (χ3v) is 4.44. The van der Waals surface area contributed by atoms with Crippen molar-refractivity contribution in [2.24, 2.45) is 0 Å². The average molecular weight is 319 g/mol. The van der Waals surface area contributed by atoms with Crippen LogP contribution in [0.15, 0.2) is 35.2 Å². The number of benzene rings is 1. The van der Waals surface area contributed by atoms with Crippen LogP contribution in [0.5, 0.6) is 0 Å². The predicted molar refractivity (Wildman–Crippen MR) is 91.9 cm³/mol. The van der Waals surface area contributed by atoms with Crippen molar-refractivity contribution in [2.75, 3.05) is 5.75 Å². The second kappa shape index (κ2) is 11.0. The van der Waals surface area contributed by atoms with Gasteiger partial charge in [0.1, 0.15) is 0 Å². The van der Waals surface area contributed by atoms with Gasteiger partial charge in [0.05, 0.1) is 22.6 Å². The molecule has 0 aliphatic heterocycles. The molecule has 2 atom stereocenters. The Bertz CT molecular complexity index is 531. The molecule has 1 amide bonds. The Morgan fingerprint density at radius 2 is 1.95 bits per heavy atom. The lowest BCUT2D eigenvalue weighted by molar-refractivity contribution is -0.121. The second-order valence-electron chi connectivity index (χ2n) is 5.11. The molecular formula is C18H25NO2S. The zero-order chi connectivity index (χ0) is 16.2. The molecule has 1 aromatic rings. The standard InChI is InChI=1S/C18H25NO2S/c1-3-5-7-14-18(20)19-16(4-2)11-10-15-22(21)17-12-8-6-9-13-17/h6,8-9,12-13,16H,3-5,7,14-15H2,1-2H3,(H,19,20). The van der Waals surface area contributed by atoms with E-state index in [-0.39, 0.29) is 11.9 Å². The molecule has 0 saturated heterocycles. The Balaban J connectivity index is 2.43. The number of carbonyl (C=O) groups excluding carboxylic acids is 1. The fraction of sp³-hybridized carbons (Fsp3) is 0.500. The maximum absolute atomic E-state index is 12.0. The van der Waals surface area contributed by atoms with Gasteiger partial charge in [0, 0.05) is 11.3 Å². The van der Waals surface area contributed by atoms with Crippen LogP contribution in [0.1, 0.15) is 46.0 Å². The zero-order valence-electron chi connectivity index (χ0n) is 13.4. The molecule has 3 nitrogen and oxygen atoms in total. The molecule has 120 valence electrons. The predicted octanol–water partition coefficient (Wildman–Crippen LogP) is 3.27. The number of carbonyl (C=O) groups is 1. The average Bonchev–Trinajstić information content (AvgIpc) is 2.54. The third-order valence-electron chi connectivity index (χ3n) is 3.24. The zero-order valence-corrected chi connectivity index (χ0v) is 14.2. The summed E-state index contributed by atoms with van der Waals surface area (Å²) in [6, 6.07) is 9.16. The van der Waals surface area contributed by atoms with E-state index in [9.17, 15) is 9.00 Å². The maximum Gasteiger partial charge on any atom is 0.220 e. The monoisotopic (exact) mass is 319 g/mol. The molecule has 1 N–H and O–H groups in total. The minimum atomic E-state index is -1.11. The molecule has 4 heteroatoms. The first-order chi connectivity index (χ1) is 10.7. The Labute approximate surface area is 136 Å². The Morgan fingerprint density at radius 1 is 1.23 bits per heavy atom. The van der Waals surface area contributed by atoms with Crippen molar-refractivity contribution in [1.29, 1.82) is 0 Å². The van der Waals surface area contributed by atoms with Crippen molar-refractivity contribution in [3.8, 4) is 11.8 Å². The van der Waals surface area contributed by atoms with Crippen molar-refractivity contribution < 1.29 is 9.00 Å². The second-order valence-corrected chi connectivity index (χ2v) is 6.56. The van der Waals surface area contributed by atoms with Gasteiger partial charge in [-0.15, -0.1) is 0 Å². The molecule has 1 rings (SSSR count). The van der Waals surface area contributed by atoms with Crippen LogP contribution in [0.4, 0.5) is 0 Å². The van der Waals surface area contributed by atoms with E-state index in [0.29, 0.717) is 12.2 Å². The smallest absolute Gasteiger partial charge is 0.220 e. The van der Waals surface area contributed by atoms with Crippen molar-refractivity contribution in [3.05, 3.63) is 30.3 Å². The van der Waals surface area contributed by atoms with Gasteiger partial charge in [0.2, 0.25) is 5.91 Å². The van der Waals surface area contributed by atoms with E-state index < -0.39 is 10.8 Å². The summed E-state index contributed by atoms with van der Waals surface area (Å²) in [5, 5.41) is 2.93. The molecule has 0 fully saturated rings. The fourth-order valence-electron chi connectivity index (χ4n) is 1.93. The Hall–Kier alpha value is -1.60. The van der Waals surface area contributed by atoms with Crippen molar-refractivity contribution in [3.63, 3.8) is 0 Å². The van der Waals surface area contributed by atoms with E-state index in [1.54, 1.807) is 0 Å². The highest BCUT2D eigenvalue weighted by molar-refractivity contribution is 7.85. The van der Waals surface area contributed by atoms with E-state index in [2.05, 4.69) is 24.1 Å². The van der Waals surface area contributed by atoms with E-state index >= 15 is 0 Å². The highest BCUT2D eigenvalue weighted by Crippen LogP contribution is 2.04. The molecule has 0 heterocycles. The van der Waals surface area contributed by atoms with Crippen LogP contribution >= 0.6 is 0 Å². The first kappa shape index (κ1) is 18.4. The largest absolute Gasteiger partial charge is 0.342 e. The number of hydrogen-bond acceptors (Lipinski definition) is 2. The SMILES string of the molecule is CCCCCC(=O)NC(C#CCS(=O)c1ccccc1)CC. The summed E-state index contributed by atoms with van der Waals surface area (Å²) in [7, 11) is -1.11. The molecule has 0 aliphatic rings. The van der Waals surface area contributed by atoms with E-state index in [1.165, 1.54) is 0 Å². The molecule has 0 radical (unpaired) electrons. The molecule has 22 heavy (non-hydrogen) atoms. The molecule has 0 spiro atoms. The molecular weight excluding hydrogens is 294 g/mol.